The number of nitriles is 1. The van der Waals surface area contributed by atoms with Gasteiger partial charge < -0.3 is 4.42 Å². The Labute approximate surface area is 264 Å². The first kappa shape index (κ1) is 28.3. The van der Waals surface area contributed by atoms with Crippen LogP contribution in [-0.2, 0) is 0 Å². The molecule has 218 valence electrons. The molecule has 7 rings (SSSR count). The summed E-state index contributed by atoms with van der Waals surface area (Å²) in [5.41, 5.74) is 13.0. The van der Waals surface area contributed by atoms with E-state index in [0.29, 0.717) is 23.0 Å². The molecule has 0 atom stereocenters. The number of benzene rings is 5. The van der Waals surface area contributed by atoms with Crippen molar-refractivity contribution < 1.29 is 4.42 Å². The summed E-state index contributed by atoms with van der Waals surface area (Å²) in [6.45, 7) is 9.01. The smallest absolute Gasteiger partial charge is 0.144 e. The lowest BCUT2D eigenvalue weighted by atomic mass is 9.85. The first-order valence-corrected chi connectivity index (χ1v) is 15.6. The number of pyridine rings is 1. The predicted octanol–water partition coefficient (Wildman–Crippen LogP) is 11.8. The van der Waals surface area contributed by atoms with Gasteiger partial charge in [0.25, 0.3) is 0 Å². The molecule has 0 aliphatic carbocycles. The Kier molecular flexibility index (Phi) is 7.28. The second kappa shape index (κ2) is 11.6. The van der Waals surface area contributed by atoms with Crippen molar-refractivity contribution in [1.82, 2.24) is 4.98 Å². The molecule has 0 spiro atoms. The van der Waals surface area contributed by atoms with Crippen LogP contribution in [0.5, 0.6) is 0 Å². The zero-order valence-corrected chi connectivity index (χ0v) is 26.0. The molecule has 2 aromatic heterocycles. The van der Waals surface area contributed by atoms with Gasteiger partial charge in [0.15, 0.2) is 0 Å². The highest BCUT2D eigenvalue weighted by Crippen LogP contribution is 2.43. The maximum absolute atomic E-state index is 10.2. The van der Waals surface area contributed by atoms with Crippen LogP contribution in [0.3, 0.4) is 0 Å². The maximum Gasteiger partial charge on any atom is 0.144 e. The third kappa shape index (κ3) is 4.99. The molecule has 3 nitrogen and oxygen atoms in total. The van der Waals surface area contributed by atoms with E-state index in [2.05, 4.69) is 113 Å². The van der Waals surface area contributed by atoms with Crippen LogP contribution in [0.4, 0.5) is 0 Å². The summed E-state index contributed by atoms with van der Waals surface area (Å²) in [5.74, 6) is 0.782. The van der Waals surface area contributed by atoms with Crippen LogP contribution >= 0.6 is 0 Å². The van der Waals surface area contributed by atoms with E-state index in [1.165, 1.54) is 16.7 Å². The van der Waals surface area contributed by atoms with E-state index in [1.54, 1.807) is 0 Å². The monoisotopic (exact) mass is 582 g/mol. The van der Waals surface area contributed by atoms with Gasteiger partial charge in [-0.25, -0.2) is 0 Å². The summed E-state index contributed by atoms with van der Waals surface area (Å²) in [6.07, 6.45) is 1.90. The second-order valence-electron chi connectivity index (χ2n) is 12.3. The van der Waals surface area contributed by atoms with E-state index in [-0.39, 0.29) is 0 Å². The van der Waals surface area contributed by atoms with Crippen LogP contribution in [0.1, 0.15) is 56.2 Å². The lowest BCUT2D eigenvalue weighted by molar-refractivity contribution is 0.670. The van der Waals surface area contributed by atoms with Crippen LogP contribution in [0, 0.1) is 11.3 Å². The normalized spacial score (nSPS) is 11.5. The molecule has 0 bridgehead atoms. The molecule has 5 aromatic carbocycles. The fraction of sp³-hybridized carbons (Fsp3) is 0.143. The van der Waals surface area contributed by atoms with Crippen LogP contribution in [0.15, 0.2) is 126 Å². The summed E-state index contributed by atoms with van der Waals surface area (Å²) in [4.78, 5) is 4.85. The van der Waals surface area contributed by atoms with Crippen molar-refractivity contribution in [1.29, 1.82) is 5.26 Å². The molecule has 0 fully saturated rings. The van der Waals surface area contributed by atoms with Crippen molar-refractivity contribution >= 4 is 21.9 Å². The van der Waals surface area contributed by atoms with E-state index in [9.17, 15) is 5.26 Å². The minimum absolute atomic E-state index is 0.391. The first-order chi connectivity index (χ1) is 21.9. The molecule has 0 radical (unpaired) electrons. The lowest BCUT2D eigenvalue weighted by Gasteiger charge is -2.20. The summed E-state index contributed by atoms with van der Waals surface area (Å²) in [5, 5.41) is 12.2. The van der Waals surface area contributed by atoms with E-state index in [4.69, 9.17) is 9.40 Å². The lowest BCUT2D eigenvalue weighted by Crippen LogP contribution is -2.00. The van der Waals surface area contributed by atoms with Gasteiger partial charge >= 0.3 is 0 Å². The van der Waals surface area contributed by atoms with Gasteiger partial charge in [-0.05, 0) is 87.2 Å². The highest BCUT2D eigenvalue weighted by Gasteiger charge is 2.21. The van der Waals surface area contributed by atoms with Gasteiger partial charge in [0.05, 0.1) is 17.3 Å². The Balaban J connectivity index is 1.43. The number of hydrogen-bond acceptors (Lipinski definition) is 3. The number of rotatable bonds is 6. The zero-order chi connectivity index (χ0) is 31.1. The topological polar surface area (TPSA) is 49.8 Å². The summed E-state index contributed by atoms with van der Waals surface area (Å²) in [7, 11) is 0. The molecule has 0 amide bonds. The van der Waals surface area contributed by atoms with E-state index >= 15 is 0 Å². The van der Waals surface area contributed by atoms with Gasteiger partial charge in [-0.3, -0.25) is 4.98 Å². The number of para-hydroxylation sites is 1. The molecule has 0 saturated heterocycles. The van der Waals surface area contributed by atoms with Gasteiger partial charge in [-0.15, -0.1) is 0 Å². The van der Waals surface area contributed by atoms with Crippen molar-refractivity contribution in [2.24, 2.45) is 0 Å². The summed E-state index contributed by atoms with van der Waals surface area (Å²) >= 11 is 0. The number of hydrogen-bond donors (Lipinski definition) is 0. The standard InChI is InChI=1S/C42H34N2O/c1-26(2)33-15-9-16-34(27(3)4)40(33)31-21-22-44-38(24-31)37-18-10-17-35-36-20-19-32(25-43)39(42(36)45-41(35)37)30-14-8-13-29(23-30)28-11-6-5-7-12-28/h5-24,26-27H,1-4H3. The van der Waals surface area contributed by atoms with E-state index < -0.39 is 0 Å². The Morgan fingerprint density at radius 2 is 1.22 bits per heavy atom. The average Bonchev–Trinajstić information content (AvgIpc) is 3.46. The van der Waals surface area contributed by atoms with Crippen molar-refractivity contribution in [2.45, 2.75) is 39.5 Å². The van der Waals surface area contributed by atoms with Crippen molar-refractivity contribution in [3.05, 3.63) is 138 Å². The molecule has 0 aliphatic rings. The fourth-order valence-corrected chi connectivity index (χ4v) is 6.55. The Bertz CT molecular complexity index is 2210. The SMILES string of the molecule is CC(C)c1cccc(C(C)C)c1-c1ccnc(-c2cccc3c2oc2c(-c4cccc(-c5ccccc5)c4)c(C#N)ccc23)c1. The molecular formula is C42H34N2O. The molecule has 7 aromatic rings. The zero-order valence-electron chi connectivity index (χ0n) is 26.0. The minimum atomic E-state index is 0.391. The van der Waals surface area contributed by atoms with Gasteiger partial charge in [0.1, 0.15) is 11.2 Å². The van der Waals surface area contributed by atoms with Gasteiger partial charge in [-0.2, -0.15) is 5.26 Å². The van der Waals surface area contributed by atoms with Crippen molar-refractivity contribution in [2.75, 3.05) is 0 Å². The molecule has 2 heterocycles. The molecule has 0 unspecified atom stereocenters. The molecule has 45 heavy (non-hydrogen) atoms. The number of fused-ring (bicyclic) bond motifs is 3. The predicted molar refractivity (Wildman–Crippen MR) is 186 cm³/mol. The van der Waals surface area contributed by atoms with Gasteiger partial charge in [-0.1, -0.05) is 107 Å². The summed E-state index contributed by atoms with van der Waals surface area (Å²) < 4.78 is 6.79. The Hall–Kier alpha value is -5.46. The van der Waals surface area contributed by atoms with Gasteiger partial charge in [0.2, 0.25) is 0 Å². The van der Waals surface area contributed by atoms with Crippen LogP contribution < -0.4 is 0 Å². The summed E-state index contributed by atoms with van der Waals surface area (Å²) in [6, 6.07) is 42.2. The fourth-order valence-electron chi connectivity index (χ4n) is 6.55. The average molecular weight is 583 g/mol. The minimum Gasteiger partial charge on any atom is -0.455 e. The number of nitrogens with zero attached hydrogens (tertiary/aromatic N) is 2. The molecule has 3 heteroatoms. The molecule has 0 aliphatic heterocycles. The van der Waals surface area contributed by atoms with Crippen molar-refractivity contribution in [3.63, 3.8) is 0 Å². The van der Waals surface area contributed by atoms with Crippen LogP contribution in [0.2, 0.25) is 0 Å². The second-order valence-corrected chi connectivity index (χ2v) is 12.3. The van der Waals surface area contributed by atoms with E-state index in [0.717, 1.165) is 55.4 Å². The van der Waals surface area contributed by atoms with Crippen LogP contribution in [-0.4, -0.2) is 4.98 Å². The quantitative estimate of drug-likeness (QED) is 0.196. The highest BCUT2D eigenvalue weighted by atomic mass is 16.3. The third-order valence-electron chi connectivity index (χ3n) is 8.74. The van der Waals surface area contributed by atoms with Gasteiger partial charge in [0, 0.05) is 28.1 Å². The third-order valence-corrected chi connectivity index (χ3v) is 8.74. The Morgan fingerprint density at radius 1 is 0.578 bits per heavy atom. The van der Waals surface area contributed by atoms with Crippen molar-refractivity contribution in [3.8, 4) is 50.7 Å². The number of aromatic nitrogens is 1. The van der Waals surface area contributed by atoms with E-state index in [1.807, 2.05) is 42.6 Å². The highest BCUT2D eigenvalue weighted by molar-refractivity contribution is 6.13. The molecule has 0 saturated carbocycles. The maximum atomic E-state index is 10.2. The first-order valence-electron chi connectivity index (χ1n) is 15.6. The van der Waals surface area contributed by atoms with Crippen LogP contribution in [0.25, 0.3) is 66.6 Å². The molecular weight excluding hydrogens is 548 g/mol. The Morgan fingerprint density at radius 3 is 1.96 bits per heavy atom. The number of furan rings is 1. The molecule has 0 N–H and O–H groups in total. The largest absolute Gasteiger partial charge is 0.455 e.